The van der Waals surface area contributed by atoms with Crippen molar-refractivity contribution in [1.82, 2.24) is 9.78 Å². The molecule has 1 aromatic heterocycles. The highest BCUT2D eigenvalue weighted by Crippen LogP contribution is 2.45. The Morgan fingerprint density at radius 1 is 1.15 bits per heavy atom. The van der Waals surface area contributed by atoms with Crippen molar-refractivity contribution in [3.63, 3.8) is 0 Å². The van der Waals surface area contributed by atoms with Gasteiger partial charge in [0.05, 0.1) is 16.5 Å². The van der Waals surface area contributed by atoms with Crippen LogP contribution in [0.25, 0.3) is 22.4 Å². The number of nitrogens with zero attached hydrogens (tertiary/aromatic N) is 2. The Morgan fingerprint density at radius 2 is 1.79 bits per heavy atom. The predicted octanol–water partition coefficient (Wildman–Crippen LogP) is 4.75. The Hall–Kier alpha value is -2.60. The molecule has 33 heavy (non-hydrogen) atoms. The van der Waals surface area contributed by atoms with Gasteiger partial charge in [0.2, 0.25) is 10.0 Å². The third-order valence-electron chi connectivity index (χ3n) is 4.46. The lowest BCUT2D eigenvalue weighted by Crippen LogP contribution is -2.21. The molecule has 1 heterocycles. The molecule has 0 spiro atoms. The zero-order chi connectivity index (χ0) is 24.6. The first kappa shape index (κ1) is 25.0. The smallest absolute Gasteiger partial charge is 0.433 e. The number of alkyl halides is 3. The number of nitrogens with two attached hydrogens (primary N) is 1. The number of esters is 1. The molecular weight excluding hydrogens is 506 g/mol. The van der Waals surface area contributed by atoms with Crippen molar-refractivity contribution in [1.29, 1.82) is 0 Å². The highest BCUT2D eigenvalue weighted by atomic mass is 35.5. The van der Waals surface area contributed by atoms with Crippen LogP contribution in [0.2, 0.25) is 10.0 Å². The minimum absolute atomic E-state index is 0.0286. The summed E-state index contributed by atoms with van der Waals surface area (Å²) in [6, 6.07) is 8.71. The van der Waals surface area contributed by atoms with Gasteiger partial charge >= 0.3 is 12.1 Å². The van der Waals surface area contributed by atoms with Crippen molar-refractivity contribution in [2.24, 2.45) is 5.14 Å². The maximum Gasteiger partial charge on any atom is 0.433 e. The first-order valence-electron chi connectivity index (χ1n) is 9.25. The monoisotopic (exact) mass is 521 g/mol. The molecule has 7 nitrogen and oxygen atoms in total. The third-order valence-corrected chi connectivity index (χ3v) is 5.94. The Labute approximate surface area is 196 Å². The summed E-state index contributed by atoms with van der Waals surface area (Å²) in [5.41, 5.74) is -1.72. The van der Waals surface area contributed by atoms with E-state index in [9.17, 15) is 26.4 Å². The molecule has 0 unspecified atom stereocenters. The van der Waals surface area contributed by atoms with E-state index in [1.165, 1.54) is 37.3 Å². The number of ether oxygens (including phenoxy) is 1. The molecule has 3 rings (SSSR count). The molecule has 0 atom stereocenters. The average Bonchev–Trinajstić information content (AvgIpc) is 3.06. The lowest BCUT2D eigenvalue weighted by molar-refractivity contribution is -0.149. The number of sulfonamides is 1. The van der Waals surface area contributed by atoms with Gasteiger partial charge in [0.15, 0.2) is 5.69 Å². The van der Waals surface area contributed by atoms with Gasteiger partial charge in [-0.15, -0.1) is 0 Å². The van der Waals surface area contributed by atoms with E-state index in [1.54, 1.807) is 0 Å². The summed E-state index contributed by atoms with van der Waals surface area (Å²) in [6.45, 7) is 0.679. The zero-order valence-corrected chi connectivity index (χ0v) is 19.2. The first-order valence-corrected chi connectivity index (χ1v) is 11.6. The molecular formula is C20H16Cl2F3N3O4S. The summed E-state index contributed by atoms with van der Waals surface area (Å²) < 4.78 is 71.0. The van der Waals surface area contributed by atoms with E-state index in [0.29, 0.717) is 4.68 Å². The summed E-state index contributed by atoms with van der Waals surface area (Å²) in [6.07, 6.45) is -4.93. The van der Waals surface area contributed by atoms with Crippen molar-refractivity contribution < 1.29 is 31.1 Å². The second-order valence-electron chi connectivity index (χ2n) is 6.73. The van der Waals surface area contributed by atoms with E-state index in [2.05, 4.69) is 5.10 Å². The highest BCUT2D eigenvalue weighted by Gasteiger charge is 2.41. The molecule has 0 saturated carbocycles. The van der Waals surface area contributed by atoms with Gasteiger partial charge in [0.25, 0.3) is 0 Å². The van der Waals surface area contributed by atoms with Crippen molar-refractivity contribution in [2.75, 3.05) is 6.61 Å². The number of hydrogen-bond acceptors (Lipinski definition) is 5. The number of primary sulfonamides is 1. The van der Waals surface area contributed by atoms with Crippen LogP contribution in [0.1, 0.15) is 12.6 Å². The van der Waals surface area contributed by atoms with Crippen molar-refractivity contribution in [2.45, 2.75) is 24.5 Å². The quantitative estimate of drug-likeness (QED) is 0.471. The van der Waals surface area contributed by atoms with Crippen LogP contribution in [0.15, 0.2) is 47.4 Å². The number of halogens is 5. The van der Waals surface area contributed by atoms with E-state index in [1.807, 2.05) is 0 Å². The minimum atomic E-state index is -4.93. The number of carbonyl (C=O) groups is 1. The van der Waals surface area contributed by atoms with Gasteiger partial charge in [-0.2, -0.15) is 18.3 Å². The lowest BCUT2D eigenvalue weighted by Gasteiger charge is -2.14. The molecule has 3 aromatic rings. The molecule has 13 heteroatoms. The van der Waals surface area contributed by atoms with Gasteiger partial charge < -0.3 is 4.74 Å². The number of aromatic nitrogens is 2. The van der Waals surface area contributed by atoms with Crippen molar-refractivity contribution in [3.05, 3.63) is 58.2 Å². The molecule has 0 saturated heterocycles. The number of rotatable bonds is 6. The van der Waals surface area contributed by atoms with E-state index in [-0.39, 0.29) is 38.4 Å². The largest absolute Gasteiger partial charge is 0.465 e. The van der Waals surface area contributed by atoms with Gasteiger partial charge in [-0.3, -0.25) is 4.79 Å². The summed E-state index contributed by atoms with van der Waals surface area (Å²) in [5, 5.41) is 9.24. The van der Waals surface area contributed by atoms with Gasteiger partial charge in [0.1, 0.15) is 12.2 Å². The fourth-order valence-electron chi connectivity index (χ4n) is 3.15. The predicted molar refractivity (Wildman–Crippen MR) is 116 cm³/mol. The van der Waals surface area contributed by atoms with E-state index >= 15 is 0 Å². The van der Waals surface area contributed by atoms with E-state index in [4.69, 9.17) is 33.1 Å². The topological polar surface area (TPSA) is 104 Å². The van der Waals surface area contributed by atoms with Crippen LogP contribution in [0.3, 0.4) is 0 Å². The molecule has 2 aromatic carbocycles. The molecule has 0 aliphatic rings. The Balaban J connectivity index is 2.33. The number of carbonyl (C=O) groups excluding carboxylic acids is 1. The first-order chi connectivity index (χ1) is 15.3. The molecule has 0 fully saturated rings. The Bertz CT molecular complexity index is 1310. The fraction of sp³-hybridized carbons (Fsp3) is 0.200. The average molecular weight is 522 g/mol. The number of benzene rings is 2. The Kier molecular flexibility index (Phi) is 7.08. The SMILES string of the molecule is CCOC(=O)Cn1nc(-c2ccc(S(N)(=O)=O)cc2)c(-c2ccc(Cl)cc2Cl)c1C(F)(F)F. The van der Waals surface area contributed by atoms with Crippen LogP contribution in [-0.2, 0) is 32.3 Å². The summed E-state index contributed by atoms with van der Waals surface area (Å²) in [7, 11) is -4.03. The normalized spacial score (nSPS) is 12.1. The van der Waals surface area contributed by atoms with E-state index in [0.717, 1.165) is 12.1 Å². The Morgan fingerprint density at radius 3 is 2.30 bits per heavy atom. The van der Waals surface area contributed by atoms with Crippen LogP contribution < -0.4 is 5.14 Å². The van der Waals surface area contributed by atoms with E-state index < -0.39 is 40.0 Å². The van der Waals surface area contributed by atoms with Gasteiger partial charge in [-0.1, -0.05) is 41.4 Å². The fourth-order valence-corrected chi connectivity index (χ4v) is 4.16. The summed E-state index contributed by atoms with van der Waals surface area (Å²) >= 11 is 12.1. The van der Waals surface area contributed by atoms with Gasteiger partial charge in [-0.05, 0) is 31.2 Å². The van der Waals surface area contributed by atoms with Crippen LogP contribution in [-0.4, -0.2) is 30.8 Å². The maximum absolute atomic E-state index is 14.2. The molecule has 0 bridgehead atoms. The maximum atomic E-state index is 14.2. The van der Waals surface area contributed by atoms with Gasteiger partial charge in [0, 0.05) is 21.7 Å². The molecule has 0 aliphatic heterocycles. The highest BCUT2D eigenvalue weighted by molar-refractivity contribution is 7.89. The third kappa shape index (κ3) is 5.49. The van der Waals surface area contributed by atoms with Crippen molar-refractivity contribution >= 4 is 39.2 Å². The zero-order valence-electron chi connectivity index (χ0n) is 16.9. The van der Waals surface area contributed by atoms with Crippen molar-refractivity contribution in [3.8, 4) is 22.4 Å². The number of hydrogen-bond donors (Lipinski definition) is 1. The van der Waals surface area contributed by atoms with Crippen LogP contribution in [0.5, 0.6) is 0 Å². The molecule has 0 aliphatic carbocycles. The molecule has 0 amide bonds. The van der Waals surface area contributed by atoms with Crippen LogP contribution in [0.4, 0.5) is 13.2 Å². The van der Waals surface area contributed by atoms with Crippen LogP contribution >= 0.6 is 23.2 Å². The second kappa shape index (κ2) is 9.34. The summed E-state index contributed by atoms with van der Waals surface area (Å²) in [4.78, 5) is 11.7. The molecule has 0 radical (unpaired) electrons. The van der Waals surface area contributed by atoms with Crippen LogP contribution in [0, 0.1) is 0 Å². The van der Waals surface area contributed by atoms with Gasteiger partial charge in [-0.25, -0.2) is 18.2 Å². The summed E-state index contributed by atoms with van der Waals surface area (Å²) in [5.74, 6) is -0.921. The second-order valence-corrected chi connectivity index (χ2v) is 9.13. The minimum Gasteiger partial charge on any atom is -0.465 e. The molecule has 2 N–H and O–H groups in total. The molecule has 176 valence electrons. The standard InChI is InChI=1S/C20H16Cl2F3N3O4S/c1-2-32-16(29)10-28-19(20(23,24)25)17(14-8-5-12(21)9-15(14)22)18(27-28)11-3-6-13(7-4-11)33(26,30)31/h3-9H,2,10H2,1H3,(H2,26,30,31). The lowest BCUT2D eigenvalue weighted by atomic mass is 9.98.